The zero-order valence-corrected chi connectivity index (χ0v) is 12.5. The predicted octanol–water partition coefficient (Wildman–Crippen LogP) is 2.18. The third kappa shape index (κ3) is 4.28. The molecule has 1 aromatic rings. The maximum Gasteiger partial charge on any atom is 0.357 e. The smallest absolute Gasteiger partial charge is 0.357 e. The summed E-state index contributed by atoms with van der Waals surface area (Å²) in [5.41, 5.74) is 0.213. The van der Waals surface area contributed by atoms with Crippen molar-refractivity contribution in [2.24, 2.45) is 11.8 Å². The summed E-state index contributed by atoms with van der Waals surface area (Å²) >= 11 is 0. The van der Waals surface area contributed by atoms with E-state index in [1.807, 2.05) is 0 Å². The van der Waals surface area contributed by atoms with Crippen molar-refractivity contribution in [1.82, 2.24) is 10.3 Å². The number of esters is 1. The molecular weight excluding hydrogens is 268 g/mol. The molecule has 5 nitrogen and oxygen atoms in total. The van der Waals surface area contributed by atoms with Crippen LogP contribution in [-0.2, 0) is 9.53 Å². The van der Waals surface area contributed by atoms with Gasteiger partial charge in [0.25, 0.3) is 5.91 Å². The Labute approximate surface area is 125 Å². The number of hydrogen-bond donors (Lipinski definition) is 1. The van der Waals surface area contributed by atoms with E-state index in [2.05, 4.69) is 24.1 Å². The van der Waals surface area contributed by atoms with Gasteiger partial charge in [-0.3, -0.25) is 4.79 Å². The third-order valence-corrected chi connectivity index (χ3v) is 4.26. The minimum Gasteiger partial charge on any atom is -0.451 e. The molecule has 0 saturated heterocycles. The van der Waals surface area contributed by atoms with Crippen LogP contribution in [0, 0.1) is 11.8 Å². The number of hydrogen-bond acceptors (Lipinski definition) is 4. The number of nitrogens with one attached hydrogen (secondary N) is 1. The minimum atomic E-state index is -0.573. The minimum absolute atomic E-state index is 0.176. The van der Waals surface area contributed by atoms with Crippen LogP contribution in [0.15, 0.2) is 24.4 Å². The number of pyridine rings is 1. The lowest BCUT2D eigenvalue weighted by Crippen LogP contribution is -2.45. The highest BCUT2D eigenvalue weighted by molar-refractivity contribution is 5.89. The van der Waals surface area contributed by atoms with Gasteiger partial charge in [-0.2, -0.15) is 0 Å². The number of ether oxygens (including phenoxy) is 1. The lowest BCUT2D eigenvalue weighted by atomic mass is 9.78. The topological polar surface area (TPSA) is 68.3 Å². The highest BCUT2D eigenvalue weighted by Crippen LogP contribution is 2.29. The van der Waals surface area contributed by atoms with Crippen molar-refractivity contribution in [2.45, 2.75) is 39.2 Å². The Kier molecular flexibility index (Phi) is 5.31. The van der Waals surface area contributed by atoms with E-state index in [0.717, 1.165) is 12.8 Å². The van der Waals surface area contributed by atoms with Crippen LogP contribution < -0.4 is 5.32 Å². The van der Waals surface area contributed by atoms with Gasteiger partial charge < -0.3 is 10.1 Å². The summed E-state index contributed by atoms with van der Waals surface area (Å²) in [5.74, 6) is 0.246. The average Bonchev–Trinajstić information content (AvgIpc) is 2.50. The van der Waals surface area contributed by atoms with Crippen LogP contribution in [0.5, 0.6) is 0 Å². The number of nitrogens with zero attached hydrogens (tertiary/aromatic N) is 1. The Morgan fingerprint density at radius 3 is 2.86 bits per heavy atom. The fourth-order valence-corrected chi connectivity index (χ4v) is 2.72. The summed E-state index contributed by atoms with van der Waals surface area (Å²) in [6, 6.07) is 5.16. The summed E-state index contributed by atoms with van der Waals surface area (Å²) in [7, 11) is 0. The van der Waals surface area contributed by atoms with Crippen LogP contribution in [0.3, 0.4) is 0 Å². The van der Waals surface area contributed by atoms with Crippen LogP contribution >= 0.6 is 0 Å². The normalized spacial score (nSPS) is 25.1. The van der Waals surface area contributed by atoms with Gasteiger partial charge >= 0.3 is 5.97 Å². The molecule has 114 valence electrons. The number of rotatable bonds is 4. The summed E-state index contributed by atoms with van der Waals surface area (Å²) in [4.78, 5) is 27.5. The van der Waals surface area contributed by atoms with Gasteiger partial charge in [-0.25, -0.2) is 9.78 Å². The molecule has 1 aromatic heterocycles. The van der Waals surface area contributed by atoms with E-state index in [-0.39, 0.29) is 24.2 Å². The Balaban J connectivity index is 1.78. The summed E-state index contributed by atoms with van der Waals surface area (Å²) in [6.07, 6.45) is 4.85. The molecule has 1 aliphatic carbocycles. The van der Waals surface area contributed by atoms with Crippen molar-refractivity contribution in [1.29, 1.82) is 0 Å². The van der Waals surface area contributed by atoms with Gasteiger partial charge in [0, 0.05) is 12.2 Å². The molecule has 1 heterocycles. The molecule has 1 fully saturated rings. The summed E-state index contributed by atoms with van der Waals surface area (Å²) in [6.45, 7) is 4.12. The van der Waals surface area contributed by atoms with Gasteiger partial charge in [-0.15, -0.1) is 0 Å². The summed E-state index contributed by atoms with van der Waals surface area (Å²) < 4.78 is 4.98. The largest absolute Gasteiger partial charge is 0.451 e. The first kappa shape index (κ1) is 15.5. The molecule has 0 bridgehead atoms. The average molecular weight is 290 g/mol. The molecular formula is C16H22N2O3. The van der Waals surface area contributed by atoms with E-state index < -0.39 is 5.97 Å². The maximum atomic E-state index is 11.9. The molecule has 0 radical (unpaired) electrons. The molecule has 0 spiro atoms. The van der Waals surface area contributed by atoms with E-state index in [9.17, 15) is 9.59 Å². The van der Waals surface area contributed by atoms with E-state index >= 15 is 0 Å². The molecule has 0 unspecified atom stereocenters. The van der Waals surface area contributed by atoms with Crippen molar-refractivity contribution in [3.63, 3.8) is 0 Å². The third-order valence-electron chi connectivity index (χ3n) is 4.26. The molecule has 1 saturated carbocycles. The fourth-order valence-electron chi connectivity index (χ4n) is 2.72. The Bertz CT molecular complexity index is 490. The van der Waals surface area contributed by atoms with Crippen molar-refractivity contribution in [2.75, 3.05) is 6.61 Å². The van der Waals surface area contributed by atoms with Gasteiger partial charge in [-0.1, -0.05) is 32.8 Å². The van der Waals surface area contributed by atoms with Crippen molar-refractivity contribution in [3.05, 3.63) is 30.1 Å². The molecule has 1 amide bonds. The van der Waals surface area contributed by atoms with Crippen LogP contribution in [0.2, 0.25) is 0 Å². The van der Waals surface area contributed by atoms with Crippen LogP contribution in [0.1, 0.15) is 43.6 Å². The number of amides is 1. The van der Waals surface area contributed by atoms with Gasteiger partial charge in [0.15, 0.2) is 6.61 Å². The lowest BCUT2D eigenvalue weighted by Gasteiger charge is -2.34. The number of carbonyl (C=O) groups is 2. The fraction of sp³-hybridized carbons (Fsp3) is 0.562. The predicted molar refractivity (Wildman–Crippen MR) is 78.6 cm³/mol. The second-order valence-corrected chi connectivity index (χ2v) is 5.73. The second-order valence-electron chi connectivity index (χ2n) is 5.73. The highest BCUT2D eigenvalue weighted by Gasteiger charge is 2.28. The van der Waals surface area contributed by atoms with Crippen molar-refractivity contribution < 1.29 is 14.3 Å². The molecule has 0 aromatic carbocycles. The SMILES string of the molecule is C[C@@H]1[C@H](C)CCC[C@@H]1NC(=O)COC(=O)c1ccccn1. The van der Waals surface area contributed by atoms with Crippen LogP contribution in [0.25, 0.3) is 0 Å². The van der Waals surface area contributed by atoms with Gasteiger partial charge in [0.1, 0.15) is 5.69 Å². The molecule has 1 N–H and O–H groups in total. The number of carbonyl (C=O) groups excluding carboxylic acids is 2. The zero-order valence-electron chi connectivity index (χ0n) is 12.5. The number of aromatic nitrogens is 1. The molecule has 1 aliphatic rings. The van der Waals surface area contributed by atoms with Crippen molar-refractivity contribution in [3.8, 4) is 0 Å². The Hall–Kier alpha value is -1.91. The van der Waals surface area contributed by atoms with E-state index in [1.165, 1.54) is 12.6 Å². The van der Waals surface area contributed by atoms with Gasteiger partial charge in [0.2, 0.25) is 0 Å². The molecule has 3 atom stereocenters. The Morgan fingerprint density at radius 2 is 2.14 bits per heavy atom. The van der Waals surface area contributed by atoms with Crippen LogP contribution in [0.4, 0.5) is 0 Å². The summed E-state index contributed by atoms with van der Waals surface area (Å²) in [5, 5.41) is 2.97. The van der Waals surface area contributed by atoms with E-state index in [0.29, 0.717) is 11.8 Å². The molecule has 5 heteroatoms. The molecule has 0 aliphatic heterocycles. The zero-order chi connectivity index (χ0) is 15.2. The second kappa shape index (κ2) is 7.20. The standard InChI is InChI=1S/C16H22N2O3/c1-11-6-5-8-13(12(11)2)18-15(19)10-21-16(20)14-7-3-4-9-17-14/h3-4,7,9,11-13H,5-6,8,10H2,1-2H3,(H,18,19)/t11-,12-,13+/m1/s1. The first-order valence-corrected chi connectivity index (χ1v) is 7.45. The Morgan fingerprint density at radius 1 is 1.33 bits per heavy atom. The van der Waals surface area contributed by atoms with E-state index in [1.54, 1.807) is 18.2 Å². The van der Waals surface area contributed by atoms with Gasteiger partial charge in [0.05, 0.1) is 0 Å². The van der Waals surface area contributed by atoms with Crippen molar-refractivity contribution >= 4 is 11.9 Å². The maximum absolute atomic E-state index is 11.9. The molecule has 2 rings (SSSR count). The van der Waals surface area contributed by atoms with Gasteiger partial charge in [-0.05, 0) is 30.4 Å². The first-order valence-electron chi connectivity index (χ1n) is 7.45. The molecule has 21 heavy (non-hydrogen) atoms. The van der Waals surface area contributed by atoms with E-state index in [4.69, 9.17) is 4.74 Å². The lowest BCUT2D eigenvalue weighted by molar-refractivity contribution is -0.125. The first-order chi connectivity index (χ1) is 10.1. The van der Waals surface area contributed by atoms with Crippen LogP contribution in [-0.4, -0.2) is 29.5 Å². The highest BCUT2D eigenvalue weighted by atomic mass is 16.5. The quantitative estimate of drug-likeness (QED) is 0.863. The monoisotopic (exact) mass is 290 g/mol.